The quantitative estimate of drug-likeness (QED) is 0.476. The van der Waals surface area contributed by atoms with Crippen LogP contribution in [-0.4, -0.2) is 11.7 Å². The molecule has 1 aromatic rings. The van der Waals surface area contributed by atoms with Crippen molar-refractivity contribution >= 4 is 40.5 Å². The summed E-state index contributed by atoms with van der Waals surface area (Å²) in [4.78, 5) is 10.3. The molecule has 1 rings (SSSR count). The van der Waals surface area contributed by atoms with Crippen molar-refractivity contribution in [2.24, 2.45) is 0 Å². The Morgan fingerprint density at radius 3 is 2.92 bits per heavy atom. The van der Waals surface area contributed by atoms with E-state index in [1.165, 1.54) is 3.57 Å². The number of benzene rings is 1. The van der Waals surface area contributed by atoms with Crippen LogP contribution in [0, 0.1) is 3.57 Å². The lowest BCUT2D eigenvalue weighted by Crippen LogP contribution is -2.04. The number of halogens is 2. The lowest BCUT2D eigenvalue weighted by molar-refractivity contribution is -0.107. The number of aldehydes is 1. The summed E-state index contributed by atoms with van der Waals surface area (Å²) in [5.41, 5.74) is 1.11. The third-order valence-electron chi connectivity index (χ3n) is 1.47. The molecule has 0 aliphatic carbocycles. The van der Waals surface area contributed by atoms with Gasteiger partial charge in [0.15, 0.2) is 0 Å². The maximum Gasteiger partial charge on any atom is 0.138 e. The average Bonchev–Trinajstić information content (AvgIpc) is 2.04. The van der Waals surface area contributed by atoms with Crippen LogP contribution in [0.3, 0.4) is 0 Å². The van der Waals surface area contributed by atoms with E-state index < -0.39 is 5.38 Å². The van der Waals surface area contributed by atoms with Crippen molar-refractivity contribution in [3.05, 3.63) is 33.4 Å². The van der Waals surface area contributed by atoms with E-state index in [4.69, 9.17) is 11.6 Å². The molecule has 0 fully saturated rings. The van der Waals surface area contributed by atoms with E-state index in [1.807, 2.05) is 24.3 Å². The number of carbonyl (C=O) groups excluding carboxylic acids is 1. The van der Waals surface area contributed by atoms with Crippen molar-refractivity contribution in [3.63, 3.8) is 0 Å². The molecule has 0 aromatic heterocycles. The van der Waals surface area contributed by atoms with E-state index >= 15 is 0 Å². The second-order valence-corrected chi connectivity index (χ2v) is 4.29. The van der Waals surface area contributed by atoms with Gasteiger partial charge in [-0.1, -0.05) is 12.1 Å². The summed E-state index contributed by atoms with van der Waals surface area (Å²) in [5.74, 6) is 0. The molecule has 0 saturated carbocycles. The van der Waals surface area contributed by atoms with Crippen LogP contribution in [0.4, 0.5) is 0 Å². The van der Waals surface area contributed by atoms with Crippen molar-refractivity contribution in [1.82, 2.24) is 0 Å². The van der Waals surface area contributed by atoms with Crippen molar-refractivity contribution in [2.75, 3.05) is 0 Å². The molecular formula is C9H8ClIO. The maximum absolute atomic E-state index is 10.3. The van der Waals surface area contributed by atoms with Crippen molar-refractivity contribution < 1.29 is 4.79 Å². The maximum atomic E-state index is 10.3. The molecule has 1 aromatic carbocycles. The summed E-state index contributed by atoms with van der Waals surface area (Å²) in [6, 6.07) is 7.97. The zero-order chi connectivity index (χ0) is 8.97. The van der Waals surface area contributed by atoms with Gasteiger partial charge in [0, 0.05) is 3.57 Å². The van der Waals surface area contributed by atoms with Crippen molar-refractivity contribution in [1.29, 1.82) is 0 Å². The zero-order valence-electron chi connectivity index (χ0n) is 6.34. The summed E-state index contributed by atoms with van der Waals surface area (Å²) >= 11 is 7.91. The number of rotatable bonds is 3. The molecule has 12 heavy (non-hydrogen) atoms. The van der Waals surface area contributed by atoms with Gasteiger partial charge >= 0.3 is 0 Å². The topological polar surface area (TPSA) is 17.1 Å². The van der Waals surface area contributed by atoms with Crippen LogP contribution in [-0.2, 0) is 11.2 Å². The minimum Gasteiger partial charge on any atom is -0.302 e. The fourth-order valence-corrected chi connectivity index (χ4v) is 1.72. The molecule has 0 heterocycles. The van der Waals surface area contributed by atoms with Gasteiger partial charge in [0.05, 0.1) is 5.38 Å². The van der Waals surface area contributed by atoms with Gasteiger partial charge < -0.3 is 4.79 Å². The van der Waals surface area contributed by atoms with Crippen LogP contribution >= 0.6 is 34.2 Å². The number of carbonyl (C=O) groups is 1. The fraction of sp³-hybridized carbons (Fsp3) is 0.222. The Kier molecular flexibility index (Phi) is 4.01. The molecule has 1 atom stereocenters. The SMILES string of the molecule is O=CC(Cl)Cc1cccc(I)c1. The van der Waals surface area contributed by atoms with Gasteiger partial charge in [0.25, 0.3) is 0 Å². The third-order valence-corrected chi connectivity index (χ3v) is 2.40. The second kappa shape index (κ2) is 4.82. The molecule has 3 heteroatoms. The predicted molar refractivity (Wildman–Crippen MR) is 58.6 cm³/mol. The van der Waals surface area contributed by atoms with Crippen LogP contribution < -0.4 is 0 Å². The Morgan fingerprint density at radius 2 is 2.33 bits per heavy atom. The lowest BCUT2D eigenvalue weighted by Gasteiger charge is -2.01. The molecule has 0 radical (unpaired) electrons. The van der Waals surface area contributed by atoms with Crippen LogP contribution in [0.1, 0.15) is 5.56 Å². The van der Waals surface area contributed by atoms with Crippen molar-refractivity contribution in [3.8, 4) is 0 Å². The normalized spacial score (nSPS) is 12.5. The number of hydrogen-bond donors (Lipinski definition) is 0. The monoisotopic (exact) mass is 294 g/mol. The number of alkyl halides is 1. The first-order chi connectivity index (χ1) is 5.72. The molecule has 0 spiro atoms. The van der Waals surface area contributed by atoms with E-state index in [1.54, 1.807) is 0 Å². The Labute approximate surface area is 90.3 Å². The first-order valence-corrected chi connectivity index (χ1v) is 5.07. The van der Waals surface area contributed by atoms with Gasteiger partial charge in [-0.25, -0.2) is 0 Å². The van der Waals surface area contributed by atoms with E-state index in [0.717, 1.165) is 11.8 Å². The first kappa shape index (κ1) is 9.99. The summed E-state index contributed by atoms with van der Waals surface area (Å²) < 4.78 is 1.17. The Hall–Kier alpha value is -0.0900. The Bertz CT molecular complexity index is 275. The molecule has 64 valence electrons. The summed E-state index contributed by atoms with van der Waals surface area (Å²) in [6.45, 7) is 0. The standard InChI is InChI=1S/C9H8ClIO/c10-8(6-12)4-7-2-1-3-9(11)5-7/h1-3,5-6,8H,4H2. The van der Waals surface area contributed by atoms with E-state index in [0.29, 0.717) is 6.42 Å². The smallest absolute Gasteiger partial charge is 0.138 e. The third kappa shape index (κ3) is 3.11. The molecule has 0 aliphatic heterocycles. The minimum absolute atomic E-state index is 0.400. The highest BCUT2D eigenvalue weighted by molar-refractivity contribution is 14.1. The van der Waals surface area contributed by atoms with Gasteiger partial charge in [-0.05, 0) is 46.7 Å². The molecule has 0 saturated heterocycles. The van der Waals surface area contributed by atoms with E-state index in [-0.39, 0.29) is 0 Å². The molecular weight excluding hydrogens is 286 g/mol. The van der Waals surface area contributed by atoms with Gasteiger partial charge in [-0.2, -0.15) is 0 Å². The predicted octanol–water partition coefficient (Wildman–Crippen LogP) is 2.64. The van der Waals surface area contributed by atoms with Crippen LogP contribution in [0.25, 0.3) is 0 Å². The molecule has 1 unspecified atom stereocenters. The highest BCUT2D eigenvalue weighted by Crippen LogP contribution is 2.11. The summed E-state index contributed by atoms with van der Waals surface area (Å²) in [7, 11) is 0. The lowest BCUT2D eigenvalue weighted by atomic mass is 10.1. The van der Waals surface area contributed by atoms with Gasteiger partial charge in [0.2, 0.25) is 0 Å². The number of hydrogen-bond acceptors (Lipinski definition) is 1. The summed E-state index contributed by atoms with van der Waals surface area (Å²) in [6.07, 6.45) is 1.38. The zero-order valence-corrected chi connectivity index (χ0v) is 9.25. The molecule has 0 amide bonds. The van der Waals surface area contributed by atoms with Crippen molar-refractivity contribution in [2.45, 2.75) is 11.8 Å². The van der Waals surface area contributed by atoms with Crippen LogP contribution in [0.5, 0.6) is 0 Å². The molecule has 0 aliphatic rings. The largest absolute Gasteiger partial charge is 0.302 e. The first-order valence-electron chi connectivity index (χ1n) is 3.56. The average molecular weight is 295 g/mol. The Morgan fingerprint density at radius 1 is 1.58 bits per heavy atom. The minimum atomic E-state index is -0.400. The van der Waals surface area contributed by atoms with Gasteiger partial charge in [-0.3, -0.25) is 0 Å². The van der Waals surface area contributed by atoms with Crippen LogP contribution in [0.2, 0.25) is 0 Å². The van der Waals surface area contributed by atoms with Gasteiger partial charge in [-0.15, -0.1) is 11.6 Å². The van der Waals surface area contributed by atoms with Crippen LogP contribution in [0.15, 0.2) is 24.3 Å². The van der Waals surface area contributed by atoms with E-state index in [9.17, 15) is 4.79 Å². The summed E-state index contributed by atoms with van der Waals surface area (Å²) in [5, 5.41) is -0.400. The molecule has 0 N–H and O–H groups in total. The van der Waals surface area contributed by atoms with Gasteiger partial charge in [0.1, 0.15) is 6.29 Å². The Balaban J connectivity index is 2.69. The second-order valence-electron chi connectivity index (χ2n) is 2.49. The van der Waals surface area contributed by atoms with E-state index in [2.05, 4.69) is 22.6 Å². The fourth-order valence-electron chi connectivity index (χ4n) is 0.937. The molecule has 1 nitrogen and oxygen atoms in total. The molecule has 0 bridgehead atoms. The highest BCUT2D eigenvalue weighted by atomic mass is 127. The highest BCUT2D eigenvalue weighted by Gasteiger charge is 2.03.